The first-order valence-corrected chi connectivity index (χ1v) is 32.9. The van der Waals surface area contributed by atoms with E-state index in [0.717, 1.165) is 0 Å². The largest absolute Gasteiger partial charge is 0.483 e. The van der Waals surface area contributed by atoms with Crippen molar-refractivity contribution in [2.24, 2.45) is 0 Å². The molecule has 3 saturated heterocycles. The summed E-state index contributed by atoms with van der Waals surface area (Å²) in [6.45, 7) is 22.9. The Balaban J connectivity index is 2.24. The Bertz CT molecular complexity index is 1030. The van der Waals surface area contributed by atoms with Crippen LogP contribution in [0.1, 0.15) is 61.8 Å². The third-order valence-electron chi connectivity index (χ3n) is 7.67. The maximum absolute atomic E-state index is 12.6. The molecule has 4 unspecified atom stereocenters. The van der Waals surface area contributed by atoms with Gasteiger partial charge in [0.15, 0.2) is 8.32 Å². The van der Waals surface area contributed by atoms with E-state index >= 15 is 0 Å². The number of rotatable bonds is 14. The molecule has 22 heteroatoms. The van der Waals surface area contributed by atoms with Gasteiger partial charge in [-0.25, -0.2) is 4.79 Å². The summed E-state index contributed by atoms with van der Waals surface area (Å²) in [6, 6.07) is 1.71. The van der Waals surface area contributed by atoms with Gasteiger partial charge in [0, 0.05) is 47.9 Å². The second-order valence-electron chi connectivity index (χ2n) is 12.0. The minimum Gasteiger partial charge on any atom is -0.462 e. The molecule has 0 aliphatic carbocycles. The molecule has 0 aromatic rings. The fourth-order valence-corrected chi connectivity index (χ4v) is 47.5. The van der Waals surface area contributed by atoms with Gasteiger partial charge >= 0.3 is 67.6 Å². The van der Waals surface area contributed by atoms with Gasteiger partial charge in [0.05, 0.1) is 6.61 Å². The normalized spacial score (nSPS) is 40.5. The fraction of sp³-hybridized carbons (Fsp3) is 0.870. The predicted octanol–water partition coefficient (Wildman–Crippen LogP) is 4.60. The molecule has 0 spiro atoms. The number of fused-ring (bicyclic) bond motifs is 3. The van der Waals surface area contributed by atoms with Crippen LogP contribution in [0.15, 0.2) is 12.2 Å². The molecule has 262 valence electrons. The van der Waals surface area contributed by atoms with Gasteiger partial charge in [-0.05, 0) is 25.6 Å². The van der Waals surface area contributed by atoms with Crippen LogP contribution in [0.25, 0.3) is 0 Å². The topological polar surface area (TPSA) is 159 Å². The molecule has 4 atom stereocenters. The van der Waals surface area contributed by atoms with E-state index in [4.69, 9.17) is 45.9 Å². The van der Waals surface area contributed by atoms with Crippen molar-refractivity contribution in [1.82, 2.24) is 0 Å². The Morgan fingerprint density at radius 3 is 1.33 bits per heavy atom. The second-order valence-corrected chi connectivity index (χ2v) is 38.7. The quantitative estimate of drug-likeness (QED) is 0.143. The van der Waals surface area contributed by atoms with Crippen LogP contribution in [0.2, 0.25) is 61.4 Å². The van der Waals surface area contributed by atoms with Crippen molar-refractivity contribution in [3.63, 3.8) is 0 Å². The van der Waals surface area contributed by atoms with Crippen molar-refractivity contribution in [2.75, 3.05) is 6.61 Å². The Labute approximate surface area is 277 Å². The molecule has 4 bridgehead atoms. The summed E-state index contributed by atoms with van der Waals surface area (Å²) in [7, 11) is -30.6. The third kappa shape index (κ3) is 8.99. The number of hydrogen-bond donors (Lipinski definition) is 2. The minimum absolute atomic E-state index is 0.112. The van der Waals surface area contributed by atoms with E-state index in [9.17, 15) is 14.4 Å². The van der Waals surface area contributed by atoms with E-state index in [0.29, 0.717) is 18.6 Å². The lowest BCUT2D eigenvalue weighted by Crippen LogP contribution is -2.82. The van der Waals surface area contributed by atoms with Crippen molar-refractivity contribution in [1.29, 1.82) is 0 Å². The number of carbonyl (C=O) groups is 1. The van der Waals surface area contributed by atoms with Gasteiger partial charge in [-0.15, -0.1) is 0 Å². The summed E-state index contributed by atoms with van der Waals surface area (Å²) >= 11 is 0. The molecule has 2 N–H and O–H groups in total. The summed E-state index contributed by atoms with van der Waals surface area (Å²) in [5.41, 5.74) is 0.294. The van der Waals surface area contributed by atoms with Crippen LogP contribution in [0.3, 0.4) is 0 Å². The van der Waals surface area contributed by atoms with Crippen LogP contribution in [0, 0.1) is 0 Å². The molecule has 3 rings (SSSR count). The van der Waals surface area contributed by atoms with Crippen molar-refractivity contribution >= 4 is 75.9 Å². The van der Waals surface area contributed by atoms with Crippen LogP contribution < -0.4 is 0 Å². The fourth-order valence-electron chi connectivity index (χ4n) is 5.22. The standard InChI is InChI=1S/C23H54O14Si8/c1-12-20-27-23(24)22(9)21-38(10,11)28-41(15-4)33-43(17-6)31-39(25,13-2)29-42(16-5)30-40(26,14-3)32-44(18-7,34-41)37-45(19-8,35-42)36-43/h25-26H,9,12-21H2,1-8,10-11H3. The molecule has 0 amide bonds. The van der Waals surface area contributed by atoms with Gasteiger partial charge < -0.3 is 55.5 Å². The lowest BCUT2D eigenvalue weighted by molar-refractivity contribution is -0.139. The maximum Gasteiger partial charge on any atom is 0.483 e. The molecule has 45 heavy (non-hydrogen) atoms. The molecule has 3 heterocycles. The molecule has 3 fully saturated rings. The van der Waals surface area contributed by atoms with Gasteiger partial charge in [-0.2, -0.15) is 0 Å². The first-order valence-electron chi connectivity index (χ1n) is 16.2. The Kier molecular flexibility index (Phi) is 13.1. The number of carbonyl (C=O) groups excluding carboxylic acids is 1. The van der Waals surface area contributed by atoms with Gasteiger partial charge in [-0.3, -0.25) is 0 Å². The van der Waals surface area contributed by atoms with Crippen LogP contribution >= 0.6 is 0 Å². The smallest absolute Gasteiger partial charge is 0.462 e. The average Bonchev–Trinajstić information content (AvgIpc) is 2.96. The number of hydrogen-bond acceptors (Lipinski definition) is 14. The van der Waals surface area contributed by atoms with E-state index < -0.39 is 75.9 Å². The zero-order valence-corrected chi connectivity index (χ0v) is 36.6. The molecule has 0 radical (unpaired) electrons. The van der Waals surface area contributed by atoms with Crippen LogP contribution in [0.4, 0.5) is 0 Å². The number of ether oxygens (including phenoxy) is 1. The average molecular weight is 779 g/mol. The predicted molar refractivity (Wildman–Crippen MR) is 182 cm³/mol. The molecule has 3 aliphatic heterocycles. The molecule has 3 aliphatic rings. The summed E-state index contributed by atoms with van der Waals surface area (Å²) in [5.74, 6) is -0.475. The Hall–Kier alpha value is 0.465. The van der Waals surface area contributed by atoms with Crippen LogP contribution in [-0.4, -0.2) is 92.1 Å². The van der Waals surface area contributed by atoms with Gasteiger partial charge in [0.2, 0.25) is 0 Å². The minimum atomic E-state index is -4.11. The van der Waals surface area contributed by atoms with Crippen molar-refractivity contribution < 1.29 is 60.3 Å². The van der Waals surface area contributed by atoms with Gasteiger partial charge in [-0.1, -0.05) is 62.0 Å². The highest BCUT2D eigenvalue weighted by atomic mass is 28.6. The zero-order chi connectivity index (χ0) is 34.0. The third-order valence-corrected chi connectivity index (χ3v) is 41.0. The number of esters is 1. The van der Waals surface area contributed by atoms with Gasteiger partial charge in [0.1, 0.15) is 0 Å². The summed E-state index contributed by atoms with van der Waals surface area (Å²) in [6.07, 6.45) is 0.694. The van der Waals surface area contributed by atoms with Crippen LogP contribution in [-0.2, 0) is 50.7 Å². The summed E-state index contributed by atoms with van der Waals surface area (Å²) < 4.78 is 73.3. The highest BCUT2D eigenvalue weighted by Crippen LogP contribution is 2.47. The van der Waals surface area contributed by atoms with Crippen molar-refractivity contribution in [2.45, 2.75) is 123 Å². The highest BCUT2D eigenvalue weighted by Gasteiger charge is 2.75. The van der Waals surface area contributed by atoms with Crippen molar-refractivity contribution in [3.8, 4) is 0 Å². The monoisotopic (exact) mass is 778 g/mol. The highest BCUT2D eigenvalue weighted by molar-refractivity contribution is 6.99. The molecule has 0 aromatic carbocycles. The Morgan fingerprint density at radius 1 is 0.622 bits per heavy atom. The molecular weight excluding hydrogens is 725 g/mol. The molecule has 0 aromatic heterocycles. The van der Waals surface area contributed by atoms with E-state index in [-0.39, 0.29) is 48.4 Å². The lowest BCUT2D eigenvalue weighted by Gasteiger charge is -2.57. The second kappa shape index (κ2) is 14.8. The van der Waals surface area contributed by atoms with E-state index in [1.807, 2.05) is 54.6 Å². The summed E-state index contributed by atoms with van der Waals surface area (Å²) in [5, 5.41) is 0. The first-order chi connectivity index (χ1) is 20.9. The SMILES string of the molecule is C=C(C[Si](C)(C)O[Si]1(CC)O[Si]2(CC)O[Si](O)(CC)O[Si]3(CC)O[Si](O)(CC)O[Si](CC)(O1)O[Si](CC)(O3)O2)C(=O)OCCC. The molecular formula is C23H54O14Si8. The maximum atomic E-state index is 12.6. The molecule has 0 saturated carbocycles. The Morgan fingerprint density at radius 2 is 1.00 bits per heavy atom. The zero-order valence-electron chi connectivity index (χ0n) is 28.6. The van der Waals surface area contributed by atoms with E-state index in [1.54, 1.807) is 13.8 Å². The van der Waals surface area contributed by atoms with Gasteiger partial charge in [0.25, 0.3) is 0 Å². The molecule has 14 nitrogen and oxygen atoms in total. The van der Waals surface area contributed by atoms with E-state index in [1.165, 1.54) is 0 Å². The summed E-state index contributed by atoms with van der Waals surface area (Å²) in [4.78, 5) is 36.6. The van der Waals surface area contributed by atoms with Crippen LogP contribution in [0.5, 0.6) is 0 Å². The van der Waals surface area contributed by atoms with E-state index in [2.05, 4.69) is 6.58 Å². The lowest BCUT2D eigenvalue weighted by atomic mass is 10.3. The van der Waals surface area contributed by atoms with Crippen molar-refractivity contribution in [3.05, 3.63) is 12.2 Å². The first kappa shape index (κ1) is 39.9.